The van der Waals surface area contributed by atoms with Gasteiger partial charge in [0.05, 0.1) is 13.2 Å². The third-order valence-corrected chi connectivity index (χ3v) is 3.86. The van der Waals surface area contributed by atoms with Gasteiger partial charge in [-0.25, -0.2) is 9.38 Å². The zero-order valence-electron chi connectivity index (χ0n) is 16.1. The van der Waals surface area contributed by atoms with Crippen LogP contribution < -0.4 is 15.4 Å². The van der Waals surface area contributed by atoms with Crippen LogP contribution in [0.2, 0.25) is 0 Å². The number of nitrogens with zero attached hydrogens (tertiary/aromatic N) is 1. The zero-order valence-corrected chi connectivity index (χ0v) is 16.1. The highest BCUT2D eigenvalue weighted by Crippen LogP contribution is 2.23. The van der Waals surface area contributed by atoms with Crippen LogP contribution in [0.25, 0.3) is 0 Å². The molecular formula is C20H28FN3O3. The molecule has 3 N–H and O–H groups in total. The number of halogens is 1. The van der Waals surface area contributed by atoms with Crippen molar-refractivity contribution in [1.29, 1.82) is 0 Å². The number of ether oxygens (including phenoxy) is 1. The van der Waals surface area contributed by atoms with Crippen molar-refractivity contribution in [3.63, 3.8) is 0 Å². The van der Waals surface area contributed by atoms with E-state index >= 15 is 0 Å². The molecule has 0 aliphatic heterocycles. The molecule has 1 aromatic carbocycles. The van der Waals surface area contributed by atoms with Crippen LogP contribution in [0.1, 0.15) is 31.8 Å². The number of benzene rings is 1. The van der Waals surface area contributed by atoms with Crippen molar-refractivity contribution in [3.8, 4) is 5.75 Å². The van der Waals surface area contributed by atoms with Gasteiger partial charge in [0.25, 0.3) is 0 Å². The van der Waals surface area contributed by atoms with E-state index in [9.17, 15) is 9.50 Å². The molecule has 1 unspecified atom stereocenters. The van der Waals surface area contributed by atoms with Gasteiger partial charge in [-0.3, -0.25) is 0 Å². The topological polar surface area (TPSA) is 79.0 Å². The van der Waals surface area contributed by atoms with Crippen molar-refractivity contribution in [1.82, 2.24) is 10.6 Å². The Bertz CT molecular complexity index is 726. The molecule has 0 fully saturated rings. The summed E-state index contributed by atoms with van der Waals surface area (Å²) in [5.74, 6) is 2.22. The largest absolute Gasteiger partial charge is 0.494 e. The van der Waals surface area contributed by atoms with Gasteiger partial charge in [-0.2, -0.15) is 0 Å². The summed E-state index contributed by atoms with van der Waals surface area (Å²) >= 11 is 0. The molecule has 0 amide bonds. The molecule has 1 atom stereocenters. The summed E-state index contributed by atoms with van der Waals surface area (Å²) in [5.41, 5.74) is -1.18. The molecule has 1 aromatic heterocycles. The van der Waals surface area contributed by atoms with E-state index in [-0.39, 0.29) is 12.4 Å². The van der Waals surface area contributed by atoms with Crippen molar-refractivity contribution >= 4 is 5.96 Å². The van der Waals surface area contributed by atoms with E-state index in [0.29, 0.717) is 37.2 Å². The van der Waals surface area contributed by atoms with E-state index in [2.05, 4.69) is 15.6 Å². The van der Waals surface area contributed by atoms with Gasteiger partial charge >= 0.3 is 0 Å². The van der Waals surface area contributed by atoms with Crippen molar-refractivity contribution in [2.45, 2.75) is 32.8 Å². The van der Waals surface area contributed by atoms with Crippen LogP contribution in [0.4, 0.5) is 4.39 Å². The van der Waals surface area contributed by atoms with Gasteiger partial charge in [0.2, 0.25) is 0 Å². The molecular weight excluding hydrogens is 349 g/mol. The lowest BCUT2D eigenvalue weighted by molar-refractivity contribution is 0.0428. The number of hydrogen-bond acceptors (Lipinski definition) is 4. The minimum Gasteiger partial charge on any atom is -0.494 e. The van der Waals surface area contributed by atoms with Gasteiger partial charge in [-0.1, -0.05) is 0 Å². The summed E-state index contributed by atoms with van der Waals surface area (Å²) < 4.78 is 23.9. The van der Waals surface area contributed by atoms with Crippen LogP contribution in [0.15, 0.2) is 45.8 Å². The maximum Gasteiger partial charge on any atom is 0.191 e. The van der Waals surface area contributed by atoms with E-state index < -0.39 is 5.60 Å². The van der Waals surface area contributed by atoms with Crippen LogP contribution in [-0.4, -0.2) is 37.3 Å². The standard InChI is InChI=1S/C20H28FN3O3/c1-4-22-19(24-14-20(3,25)18-11-6-15(2)27-18)23-12-5-13-26-17-9-7-16(21)8-10-17/h6-11,25H,4-5,12-14H2,1-3H3,(H2,22,23,24). The maximum atomic E-state index is 12.8. The highest BCUT2D eigenvalue weighted by atomic mass is 19.1. The molecule has 27 heavy (non-hydrogen) atoms. The second-order valence-corrected chi connectivity index (χ2v) is 6.46. The lowest BCUT2D eigenvalue weighted by atomic mass is 10.0. The van der Waals surface area contributed by atoms with Gasteiger partial charge in [0, 0.05) is 13.1 Å². The minimum absolute atomic E-state index is 0.168. The van der Waals surface area contributed by atoms with Gasteiger partial charge in [0.15, 0.2) is 5.96 Å². The Kier molecular flexibility index (Phi) is 7.67. The van der Waals surface area contributed by atoms with Crippen LogP contribution in [0.5, 0.6) is 5.75 Å². The van der Waals surface area contributed by atoms with Crippen molar-refractivity contribution < 1.29 is 18.7 Å². The Labute approximate surface area is 159 Å². The van der Waals surface area contributed by atoms with Gasteiger partial charge in [-0.15, -0.1) is 0 Å². The smallest absolute Gasteiger partial charge is 0.191 e. The first kappa shape index (κ1) is 20.8. The number of aliphatic hydroxyl groups is 1. The molecule has 7 heteroatoms. The number of nitrogens with one attached hydrogen (secondary N) is 2. The molecule has 0 aliphatic rings. The number of rotatable bonds is 9. The Balaban J connectivity index is 1.78. The number of furan rings is 1. The van der Waals surface area contributed by atoms with E-state index in [1.165, 1.54) is 12.1 Å². The first-order chi connectivity index (χ1) is 12.9. The summed E-state index contributed by atoms with van der Waals surface area (Å²) in [7, 11) is 0. The second-order valence-electron chi connectivity index (χ2n) is 6.46. The Morgan fingerprint density at radius 2 is 1.96 bits per heavy atom. The zero-order chi connectivity index (χ0) is 19.7. The first-order valence-corrected chi connectivity index (χ1v) is 9.10. The van der Waals surface area contributed by atoms with Crippen molar-refractivity contribution in [2.24, 2.45) is 4.99 Å². The Morgan fingerprint density at radius 3 is 2.59 bits per heavy atom. The van der Waals surface area contributed by atoms with E-state index in [1.54, 1.807) is 25.1 Å². The number of hydrogen-bond donors (Lipinski definition) is 3. The van der Waals surface area contributed by atoms with E-state index in [1.807, 2.05) is 19.9 Å². The lowest BCUT2D eigenvalue weighted by Crippen LogP contribution is -2.39. The first-order valence-electron chi connectivity index (χ1n) is 9.10. The lowest BCUT2D eigenvalue weighted by Gasteiger charge is -2.19. The molecule has 0 saturated heterocycles. The van der Waals surface area contributed by atoms with Crippen molar-refractivity contribution in [3.05, 3.63) is 53.7 Å². The van der Waals surface area contributed by atoms with Gasteiger partial charge in [-0.05, 0) is 63.6 Å². The predicted octanol–water partition coefficient (Wildman–Crippen LogP) is 2.96. The molecule has 0 bridgehead atoms. The fourth-order valence-corrected chi connectivity index (χ4v) is 2.38. The molecule has 148 valence electrons. The second kappa shape index (κ2) is 9.97. The van der Waals surface area contributed by atoms with Gasteiger partial charge < -0.3 is 24.9 Å². The molecule has 2 rings (SSSR count). The third-order valence-electron chi connectivity index (χ3n) is 3.86. The molecule has 0 spiro atoms. The maximum absolute atomic E-state index is 12.8. The summed E-state index contributed by atoms with van der Waals surface area (Å²) in [6.45, 7) is 7.51. The third kappa shape index (κ3) is 6.94. The Hall–Kier alpha value is -2.54. The van der Waals surface area contributed by atoms with Gasteiger partial charge in [0.1, 0.15) is 28.7 Å². The molecule has 0 aliphatic carbocycles. The molecule has 2 aromatic rings. The molecule has 1 heterocycles. The number of guanidine groups is 1. The molecule has 0 saturated carbocycles. The normalized spacial score (nSPS) is 13.9. The average Bonchev–Trinajstić information content (AvgIpc) is 3.08. The summed E-state index contributed by atoms with van der Waals surface area (Å²) in [6, 6.07) is 9.53. The number of aliphatic imine (C=N–C) groups is 1. The highest BCUT2D eigenvalue weighted by molar-refractivity contribution is 5.79. The Morgan fingerprint density at radius 1 is 1.22 bits per heavy atom. The van der Waals surface area contributed by atoms with Crippen LogP contribution in [0.3, 0.4) is 0 Å². The summed E-state index contributed by atoms with van der Waals surface area (Å²) in [4.78, 5) is 4.44. The quantitative estimate of drug-likeness (QED) is 0.356. The summed E-state index contributed by atoms with van der Waals surface area (Å²) in [5, 5.41) is 16.9. The SMILES string of the molecule is CCNC(=NCC(C)(O)c1ccc(C)o1)NCCCOc1ccc(F)cc1. The fourth-order valence-electron chi connectivity index (χ4n) is 2.38. The highest BCUT2D eigenvalue weighted by Gasteiger charge is 2.26. The monoisotopic (exact) mass is 377 g/mol. The van der Waals surface area contributed by atoms with Crippen LogP contribution in [-0.2, 0) is 5.60 Å². The minimum atomic E-state index is -1.18. The summed E-state index contributed by atoms with van der Waals surface area (Å²) in [6.07, 6.45) is 0.746. The van der Waals surface area contributed by atoms with Crippen LogP contribution >= 0.6 is 0 Å². The van der Waals surface area contributed by atoms with E-state index in [4.69, 9.17) is 9.15 Å². The van der Waals surface area contributed by atoms with E-state index in [0.717, 1.165) is 12.2 Å². The fraction of sp³-hybridized carbons (Fsp3) is 0.450. The average molecular weight is 377 g/mol. The number of aryl methyl sites for hydroxylation is 1. The van der Waals surface area contributed by atoms with Crippen molar-refractivity contribution in [2.75, 3.05) is 26.2 Å². The molecule has 0 radical (unpaired) electrons. The predicted molar refractivity (Wildman–Crippen MR) is 104 cm³/mol. The molecule has 6 nitrogen and oxygen atoms in total. The van der Waals surface area contributed by atoms with Crippen LogP contribution in [0, 0.1) is 12.7 Å².